The van der Waals surface area contributed by atoms with Gasteiger partial charge in [0.05, 0.1) is 21.3 Å². The second-order valence-corrected chi connectivity index (χ2v) is 7.35. The summed E-state index contributed by atoms with van der Waals surface area (Å²) in [6.45, 7) is 0.873. The molecule has 2 aromatic carbocycles. The number of likely N-dealkylation sites (tertiary alicyclic amines) is 1. The highest BCUT2D eigenvalue weighted by molar-refractivity contribution is 7.18. The van der Waals surface area contributed by atoms with E-state index in [9.17, 15) is 4.79 Å². The number of para-hydroxylation sites is 1. The number of benzene rings is 2. The molecule has 0 aliphatic carbocycles. The maximum absolute atomic E-state index is 12.7. The first-order chi connectivity index (χ1) is 11.8. The van der Waals surface area contributed by atoms with Crippen molar-refractivity contribution in [3.8, 4) is 0 Å². The number of amides is 1. The highest BCUT2D eigenvalue weighted by Crippen LogP contribution is 2.32. The number of thiazole rings is 1. The first-order valence-electron chi connectivity index (χ1n) is 8.50. The molecule has 2 heterocycles. The lowest BCUT2D eigenvalue weighted by atomic mass is 10.0. The van der Waals surface area contributed by atoms with Gasteiger partial charge in [0.2, 0.25) is 5.91 Å². The summed E-state index contributed by atoms with van der Waals surface area (Å²) < 4.78 is 1.20. The molecule has 1 aliphatic heterocycles. The second-order valence-electron chi connectivity index (χ2n) is 6.23. The van der Waals surface area contributed by atoms with Crippen LogP contribution in [0.3, 0.4) is 0 Å². The molecule has 4 rings (SSSR count). The molecular formula is C20H20N2OS. The van der Waals surface area contributed by atoms with E-state index >= 15 is 0 Å². The van der Waals surface area contributed by atoms with Crippen LogP contribution in [0.5, 0.6) is 0 Å². The highest BCUT2D eigenvalue weighted by Gasteiger charge is 2.29. The standard InChI is InChI=1S/C20H20N2OS/c23-20(13-12-19-21-16-9-4-5-11-18(16)24-19)22-14-6-10-17(22)15-7-2-1-3-8-15/h1-5,7-9,11,17H,6,10,12-14H2/t17-/m1/s1. The Morgan fingerprint density at radius 3 is 2.75 bits per heavy atom. The average molecular weight is 336 g/mol. The minimum absolute atomic E-state index is 0.245. The Hall–Kier alpha value is -2.20. The predicted molar refractivity (Wildman–Crippen MR) is 98.1 cm³/mol. The van der Waals surface area contributed by atoms with Crippen LogP contribution in [0.25, 0.3) is 10.2 Å². The Morgan fingerprint density at radius 1 is 1.12 bits per heavy atom. The Morgan fingerprint density at radius 2 is 1.92 bits per heavy atom. The normalized spacial score (nSPS) is 17.5. The molecule has 0 unspecified atom stereocenters. The summed E-state index contributed by atoms with van der Waals surface area (Å²) in [7, 11) is 0. The van der Waals surface area contributed by atoms with Crippen molar-refractivity contribution in [2.45, 2.75) is 31.7 Å². The molecule has 24 heavy (non-hydrogen) atoms. The van der Waals surface area contributed by atoms with E-state index in [1.165, 1.54) is 10.3 Å². The first-order valence-corrected chi connectivity index (χ1v) is 9.32. The zero-order valence-corrected chi connectivity index (χ0v) is 14.3. The fraction of sp³-hybridized carbons (Fsp3) is 0.300. The lowest BCUT2D eigenvalue weighted by Crippen LogP contribution is -2.30. The van der Waals surface area contributed by atoms with Crippen LogP contribution in [0.4, 0.5) is 0 Å². The number of aryl methyl sites for hydroxylation is 1. The summed E-state index contributed by atoms with van der Waals surface area (Å²) in [4.78, 5) is 19.4. The van der Waals surface area contributed by atoms with Crippen molar-refractivity contribution >= 4 is 27.5 Å². The van der Waals surface area contributed by atoms with Gasteiger partial charge in [-0.3, -0.25) is 4.79 Å². The van der Waals surface area contributed by atoms with Crippen molar-refractivity contribution in [1.82, 2.24) is 9.88 Å². The molecule has 1 fully saturated rings. The minimum Gasteiger partial charge on any atom is -0.336 e. The van der Waals surface area contributed by atoms with Gasteiger partial charge in [0.25, 0.3) is 0 Å². The third-order valence-corrected chi connectivity index (χ3v) is 5.74. The van der Waals surface area contributed by atoms with E-state index < -0.39 is 0 Å². The maximum atomic E-state index is 12.7. The quantitative estimate of drug-likeness (QED) is 0.698. The third kappa shape index (κ3) is 3.06. The third-order valence-electron chi connectivity index (χ3n) is 4.65. The van der Waals surface area contributed by atoms with Crippen molar-refractivity contribution in [1.29, 1.82) is 0 Å². The van der Waals surface area contributed by atoms with Crippen molar-refractivity contribution < 1.29 is 4.79 Å². The summed E-state index contributed by atoms with van der Waals surface area (Å²) in [6.07, 6.45) is 3.43. The van der Waals surface area contributed by atoms with Crippen LogP contribution in [0.1, 0.15) is 35.9 Å². The van der Waals surface area contributed by atoms with Crippen molar-refractivity contribution in [2.75, 3.05) is 6.54 Å². The van der Waals surface area contributed by atoms with Gasteiger partial charge in [0.15, 0.2) is 0 Å². The van der Waals surface area contributed by atoms with E-state index in [4.69, 9.17) is 0 Å². The maximum Gasteiger partial charge on any atom is 0.223 e. The van der Waals surface area contributed by atoms with Crippen LogP contribution in [0.2, 0.25) is 0 Å². The van der Waals surface area contributed by atoms with Gasteiger partial charge in [-0.2, -0.15) is 0 Å². The molecule has 0 spiro atoms. The summed E-state index contributed by atoms with van der Waals surface area (Å²) in [5.41, 5.74) is 2.29. The van der Waals surface area contributed by atoms with Gasteiger partial charge in [-0.15, -0.1) is 11.3 Å². The number of fused-ring (bicyclic) bond motifs is 1. The number of nitrogens with zero attached hydrogens (tertiary/aromatic N) is 2. The molecule has 0 radical (unpaired) electrons. The molecule has 4 heteroatoms. The van der Waals surface area contributed by atoms with Gasteiger partial charge in [0.1, 0.15) is 0 Å². The van der Waals surface area contributed by atoms with E-state index in [0.717, 1.165) is 36.3 Å². The Labute approximate surface area is 146 Å². The topological polar surface area (TPSA) is 33.2 Å². The second kappa shape index (κ2) is 6.73. The molecule has 0 bridgehead atoms. The van der Waals surface area contributed by atoms with Gasteiger partial charge in [-0.25, -0.2) is 4.98 Å². The zero-order chi connectivity index (χ0) is 16.4. The largest absolute Gasteiger partial charge is 0.336 e. The monoisotopic (exact) mass is 336 g/mol. The predicted octanol–water partition coefficient (Wildman–Crippen LogP) is 4.59. The van der Waals surface area contributed by atoms with Crippen LogP contribution in [0.15, 0.2) is 54.6 Å². The van der Waals surface area contributed by atoms with Crippen LogP contribution in [0, 0.1) is 0 Å². The SMILES string of the molecule is O=C(CCc1nc2ccccc2s1)N1CCC[C@@H]1c1ccccc1. The number of carbonyl (C=O) groups is 1. The fourth-order valence-electron chi connectivity index (χ4n) is 3.47. The van der Waals surface area contributed by atoms with Crippen LogP contribution < -0.4 is 0 Å². The summed E-state index contributed by atoms with van der Waals surface area (Å²) in [5, 5.41) is 1.06. The molecule has 1 aromatic heterocycles. The van der Waals surface area contributed by atoms with E-state index in [1.807, 2.05) is 24.3 Å². The smallest absolute Gasteiger partial charge is 0.223 e. The van der Waals surface area contributed by atoms with Gasteiger partial charge >= 0.3 is 0 Å². The Bertz CT molecular complexity index is 810. The van der Waals surface area contributed by atoms with Gasteiger partial charge in [-0.1, -0.05) is 42.5 Å². The molecule has 3 aromatic rings. The fourth-order valence-corrected chi connectivity index (χ4v) is 4.44. The molecular weight excluding hydrogens is 316 g/mol. The van der Waals surface area contributed by atoms with Crippen LogP contribution >= 0.6 is 11.3 Å². The molecule has 1 amide bonds. The number of hydrogen-bond donors (Lipinski definition) is 0. The van der Waals surface area contributed by atoms with Crippen LogP contribution in [-0.2, 0) is 11.2 Å². The number of aromatic nitrogens is 1. The van der Waals surface area contributed by atoms with Crippen molar-refractivity contribution in [3.05, 3.63) is 65.2 Å². The molecule has 1 aliphatic rings. The average Bonchev–Trinajstić information content (AvgIpc) is 3.27. The number of hydrogen-bond acceptors (Lipinski definition) is 3. The zero-order valence-electron chi connectivity index (χ0n) is 13.5. The number of carbonyl (C=O) groups excluding carboxylic acids is 1. The first kappa shape index (κ1) is 15.3. The van der Waals surface area contributed by atoms with E-state index in [-0.39, 0.29) is 11.9 Å². The lowest BCUT2D eigenvalue weighted by molar-refractivity contribution is -0.132. The van der Waals surface area contributed by atoms with Crippen LogP contribution in [-0.4, -0.2) is 22.3 Å². The molecule has 3 nitrogen and oxygen atoms in total. The van der Waals surface area contributed by atoms with Gasteiger partial charge in [-0.05, 0) is 30.5 Å². The summed E-state index contributed by atoms with van der Waals surface area (Å²) >= 11 is 1.70. The Balaban J connectivity index is 1.43. The van der Waals surface area contributed by atoms with E-state index in [2.05, 4.69) is 40.2 Å². The highest BCUT2D eigenvalue weighted by atomic mass is 32.1. The van der Waals surface area contributed by atoms with Gasteiger partial charge < -0.3 is 4.90 Å². The summed E-state index contributed by atoms with van der Waals surface area (Å²) in [6, 6.07) is 18.8. The molecule has 1 saturated heterocycles. The molecule has 0 N–H and O–H groups in total. The minimum atomic E-state index is 0.245. The lowest BCUT2D eigenvalue weighted by Gasteiger charge is -2.25. The van der Waals surface area contributed by atoms with E-state index in [0.29, 0.717) is 6.42 Å². The number of rotatable bonds is 4. The Kier molecular flexibility index (Phi) is 4.30. The van der Waals surface area contributed by atoms with Crippen molar-refractivity contribution in [3.63, 3.8) is 0 Å². The molecule has 0 saturated carbocycles. The van der Waals surface area contributed by atoms with Crippen molar-refractivity contribution in [2.24, 2.45) is 0 Å². The van der Waals surface area contributed by atoms with Gasteiger partial charge in [0, 0.05) is 19.4 Å². The molecule has 122 valence electrons. The molecule has 1 atom stereocenters. The van der Waals surface area contributed by atoms with E-state index in [1.54, 1.807) is 11.3 Å². The summed E-state index contributed by atoms with van der Waals surface area (Å²) in [5.74, 6) is 0.251.